The Labute approximate surface area is 139 Å². The zero-order chi connectivity index (χ0) is 16.1. The van der Waals surface area contributed by atoms with Gasteiger partial charge in [-0.3, -0.25) is 0 Å². The summed E-state index contributed by atoms with van der Waals surface area (Å²) in [5.74, 6) is 0. The lowest BCUT2D eigenvalue weighted by Gasteiger charge is -2.30. The van der Waals surface area contributed by atoms with Gasteiger partial charge in [-0.05, 0) is 26.2 Å². The molecule has 0 aliphatic carbocycles. The second kappa shape index (κ2) is 12.4. The average molecular weight is 312 g/mol. The van der Waals surface area contributed by atoms with Gasteiger partial charge in [-0.1, -0.05) is 78.1 Å². The van der Waals surface area contributed by atoms with E-state index in [2.05, 4.69) is 26.1 Å². The van der Waals surface area contributed by atoms with Crippen LogP contribution in [0.1, 0.15) is 104 Å². The molecule has 0 bridgehead atoms. The van der Waals surface area contributed by atoms with Gasteiger partial charge in [-0.2, -0.15) is 0 Å². The summed E-state index contributed by atoms with van der Waals surface area (Å²) in [4.78, 5) is 0. The first kappa shape index (κ1) is 20.0. The zero-order valence-corrected chi connectivity index (χ0v) is 15.6. The lowest BCUT2D eigenvalue weighted by Crippen LogP contribution is -2.48. The molecule has 1 fully saturated rings. The molecule has 1 N–H and O–H groups in total. The molecule has 0 spiro atoms. The highest BCUT2D eigenvalue weighted by Crippen LogP contribution is 2.22. The van der Waals surface area contributed by atoms with Crippen LogP contribution < -0.4 is 5.32 Å². The smallest absolute Gasteiger partial charge is 0.0646 e. The molecule has 1 saturated heterocycles. The van der Waals surface area contributed by atoms with Crippen molar-refractivity contribution in [1.82, 2.24) is 5.32 Å². The predicted molar refractivity (Wildman–Crippen MR) is 97.5 cm³/mol. The van der Waals surface area contributed by atoms with Crippen molar-refractivity contribution >= 4 is 0 Å². The third-order valence-corrected chi connectivity index (χ3v) is 5.08. The summed E-state index contributed by atoms with van der Waals surface area (Å²) >= 11 is 0. The molecule has 1 aliphatic heterocycles. The molecule has 0 aromatic carbocycles. The van der Waals surface area contributed by atoms with Gasteiger partial charge in [-0.15, -0.1) is 0 Å². The van der Waals surface area contributed by atoms with Gasteiger partial charge < -0.3 is 10.1 Å². The average Bonchev–Trinajstić information content (AvgIpc) is 2.93. The Morgan fingerprint density at radius 3 is 1.86 bits per heavy atom. The molecule has 1 rings (SSSR count). The minimum Gasteiger partial charge on any atom is -0.379 e. The summed E-state index contributed by atoms with van der Waals surface area (Å²) in [5.41, 5.74) is 0.234. The summed E-state index contributed by atoms with van der Waals surface area (Å²) in [6.07, 6.45) is 17.8. The molecule has 1 unspecified atom stereocenters. The van der Waals surface area contributed by atoms with Crippen molar-refractivity contribution in [2.45, 2.75) is 116 Å². The third-order valence-electron chi connectivity index (χ3n) is 5.08. The highest BCUT2D eigenvalue weighted by Gasteiger charge is 2.31. The first-order chi connectivity index (χ1) is 10.7. The van der Waals surface area contributed by atoms with E-state index in [0.29, 0.717) is 6.04 Å². The largest absolute Gasteiger partial charge is 0.379 e. The quantitative estimate of drug-likeness (QED) is 0.407. The summed E-state index contributed by atoms with van der Waals surface area (Å²) in [6, 6.07) is 0.704. The van der Waals surface area contributed by atoms with Crippen molar-refractivity contribution in [3.63, 3.8) is 0 Å². The maximum atomic E-state index is 5.61. The van der Waals surface area contributed by atoms with Crippen LogP contribution >= 0.6 is 0 Å². The number of nitrogens with one attached hydrogen (secondary N) is 1. The SMILES string of the molecule is CCCCCCCC(CCCCCCC)NC1(C)CCOC1. The molecule has 0 radical (unpaired) electrons. The first-order valence-electron chi connectivity index (χ1n) is 10.1. The van der Waals surface area contributed by atoms with Crippen molar-refractivity contribution < 1.29 is 4.74 Å². The molecule has 22 heavy (non-hydrogen) atoms. The van der Waals surface area contributed by atoms with E-state index in [0.717, 1.165) is 13.2 Å². The Morgan fingerprint density at radius 2 is 1.41 bits per heavy atom. The fraction of sp³-hybridized carbons (Fsp3) is 1.00. The van der Waals surface area contributed by atoms with E-state index in [-0.39, 0.29) is 5.54 Å². The van der Waals surface area contributed by atoms with Gasteiger partial charge in [0.05, 0.1) is 6.61 Å². The monoisotopic (exact) mass is 311 g/mol. The lowest BCUT2D eigenvalue weighted by atomic mass is 9.95. The van der Waals surface area contributed by atoms with Crippen LogP contribution in [0.4, 0.5) is 0 Å². The zero-order valence-electron chi connectivity index (χ0n) is 15.6. The second-order valence-corrected chi connectivity index (χ2v) is 7.61. The van der Waals surface area contributed by atoms with Crippen LogP contribution in [0.3, 0.4) is 0 Å². The van der Waals surface area contributed by atoms with Crippen molar-refractivity contribution in [3.8, 4) is 0 Å². The van der Waals surface area contributed by atoms with Crippen LogP contribution in [0, 0.1) is 0 Å². The van der Waals surface area contributed by atoms with E-state index >= 15 is 0 Å². The summed E-state index contributed by atoms with van der Waals surface area (Å²) in [6.45, 7) is 8.77. The summed E-state index contributed by atoms with van der Waals surface area (Å²) in [5, 5.41) is 3.95. The Hall–Kier alpha value is -0.0800. The maximum absolute atomic E-state index is 5.61. The van der Waals surface area contributed by atoms with E-state index in [1.54, 1.807) is 0 Å². The van der Waals surface area contributed by atoms with E-state index in [1.807, 2.05) is 0 Å². The molecule has 1 aliphatic rings. The van der Waals surface area contributed by atoms with Crippen LogP contribution in [0.2, 0.25) is 0 Å². The van der Waals surface area contributed by atoms with Crippen molar-refractivity contribution in [2.24, 2.45) is 0 Å². The molecule has 0 aromatic rings. The fourth-order valence-corrected chi connectivity index (χ4v) is 3.55. The van der Waals surface area contributed by atoms with E-state index in [4.69, 9.17) is 4.74 Å². The third kappa shape index (κ3) is 9.15. The minimum absolute atomic E-state index is 0.234. The number of ether oxygens (including phenoxy) is 1. The number of rotatable bonds is 14. The Balaban J connectivity index is 2.25. The normalized spacial score (nSPS) is 21.8. The van der Waals surface area contributed by atoms with Crippen molar-refractivity contribution in [1.29, 1.82) is 0 Å². The van der Waals surface area contributed by atoms with Gasteiger partial charge in [-0.25, -0.2) is 0 Å². The van der Waals surface area contributed by atoms with Crippen LogP contribution in [-0.4, -0.2) is 24.8 Å². The molecule has 1 heterocycles. The van der Waals surface area contributed by atoms with Gasteiger partial charge in [0.25, 0.3) is 0 Å². The molecule has 0 amide bonds. The van der Waals surface area contributed by atoms with Crippen LogP contribution in [-0.2, 0) is 4.74 Å². The molecule has 0 saturated carbocycles. The van der Waals surface area contributed by atoms with Crippen LogP contribution in [0.5, 0.6) is 0 Å². The molecule has 2 nitrogen and oxygen atoms in total. The van der Waals surface area contributed by atoms with E-state index < -0.39 is 0 Å². The van der Waals surface area contributed by atoms with E-state index in [1.165, 1.54) is 83.5 Å². The Kier molecular flexibility index (Phi) is 11.2. The minimum atomic E-state index is 0.234. The standard InChI is InChI=1S/C20H41NO/c1-4-6-8-10-12-14-19(15-13-11-9-7-5-2)21-20(3)16-17-22-18-20/h19,21H,4-18H2,1-3H3. The van der Waals surface area contributed by atoms with Crippen LogP contribution in [0.25, 0.3) is 0 Å². The first-order valence-corrected chi connectivity index (χ1v) is 10.1. The number of hydrogen-bond donors (Lipinski definition) is 1. The summed E-state index contributed by atoms with van der Waals surface area (Å²) < 4.78 is 5.61. The molecule has 0 aromatic heterocycles. The lowest BCUT2D eigenvalue weighted by molar-refractivity contribution is 0.164. The van der Waals surface area contributed by atoms with Gasteiger partial charge in [0.2, 0.25) is 0 Å². The highest BCUT2D eigenvalue weighted by molar-refractivity contribution is 4.89. The second-order valence-electron chi connectivity index (χ2n) is 7.61. The van der Waals surface area contributed by atoms with Gasteiger partial charge in [0, 0.05) is 18.2 Å². The fourth-order valence-electron chi connectivity index (χ4n) is 3.55. The number of hydrogen-bond acceptors (Lipinski definition) is 2. The van der Waals surface area contributed by atoms with Crippen molar-refractivity contribution in [3.05, 3.63) is 0 Å². The van der Waals surface area contributed by atoms with Gasteiger partial charge in [0.15, 0.2) is 0 Å². The Bertz CT molecular complexity index is 234. The molecule has 132 valence electrons. The van der Waals surface area contributed by atoms with Gasteiger partial charge >= 0.3 is 0 Å². The molecular weight excluding hydrogens is 270 g/mol. The van der Waals surface area contributed by atoms with Gasteiger partial charge in [0.1, 0.15) is 0 Å². The molecule has 1 atom stereocenters. The Morgan fingerprint density at radius 1 is 0.864 bits per heavy atom. The topological polar surface area (TPSA) is 21.3 Å². The van der Waals surface area contributed by atoms with E-state index in [9.17, 15) is 0 Å². The summed E-state index contributed by atoms with van der Waals surface area (Å²) in [7, 11) is 0. The van der Waals surface area contributed by atoms with Crippen LogP contribution in [0.15, 0.2) is 0 Å². The predicted octanol–water partition coefficient (Wildman–Crippen LogP) is 5.84. The molecular formula is C20H41NO. The number of unbranched alkanes of at least 4 members (excludes halogenated alkanes) is 8. The maximum Gasteiger partial charge on any atom is 0.0646 e. The molecule has 2 heteroatoms. The highest BCUT2D eigenvalue weighted by atomic mass is 16.5. The van der Waals surface area contributed by atoms with Crippen molar-refractivity contribution in [2.75, 3.05) is 13.2 Å².